The zero-order valence-electron chi connectivity index (χ0n) is 9.23. The molecule has 0 saturated carbocycles. The van der Waals surface area contributed by atoms with Crippen LogP contribution in [-0.4, -0.2) is 4.98 Å². The van der Waals surface area contributed by atoms with E-state index < -0.39 is 5.56 Å². The number of hydrogen-bond acceptors (Lipinski definition) is 6. The number of rotatable bonds is 1. The molecule has 0 spiro atoms. The van der Waals surface area contributed by atoms with E-state index in [1.54, 1.807) is 19.1 Å². The van der Waals surface area contributed by atoms with E-state index in [0.29, 0.717) is 16.9 Å². The molecule has 6 heteroatoms. The van der Waals surface area contributed by atoms with Gasteiger partial charge in [0.2, 0.25) is 0 Å². The summed E-state index contributed by atoms with van der Waals surface area (Å²) in [6.07, 6.45) is 0. The third-order valence-corrected chi connectivity index (χ3v) is 2.51. The van der Waals surface area contributed by atoms with Gasteiger partial charge in [0.1, 0.15) is 5.76 Å². The van der Waals surface area contributed by atoms with Crippen molar-refractivity contribution in [1.82, 2.24) is 4.98 Å². The average molecular weight is 232 g/mol. The lowest BCUT2D eigenvalue weighted by molar-refractivity contribution is 0.564. The quantitative estimate of drug-likeness (QED) is 0.624. The summed E-state index contributed by atoms with van der Waals surface area (Å²) in [6.45, 7) is 1.79. The molecule has 0 aliphatic heterocycles. The minimum Gasteiger partial charge on any atom is -0.425 e. The van der Waals surface area contributed by atoms with E-state index in [2.05, 4.69) is 4.98 Å². The van der Waals surface area contributed by atoms with Crippen LogP contribution in [0, 0.1) is 6.92 Å². The molecular weight excluding hydrogens is 220 g/mol. The molecule has 0 aliphatic carbocycles. The van der Waals surface area contributed by atoms with Gasteiger partial charge in [-0.3, -0.25) is 4.79 Å². The summed E-state index contributed by atoms with van der Waals surface area (Å²) in [6, 6.07) is 4.41. The van der Waals surface area contributed by atoms with Gasteiger partial charge in [-0.1, -0.05) is 0 Å². The van der Waals surface area contributed by atoms with Gasteiger partial charge in [-0.25, -0.2) is 0 Å². The Morgan fingerprint density at radius 1 is 1.24 bits per heavy atom. The Bertz CT molecular complexity index is 634. The van der Waals surface area contributed by atoms with Crippen LogP contribution in [0.1, 0.15) is 5.56 Å². The molecule has 2 aromatic rings. The topological polar surface area (TPSA) is 121 Å². The first-order chi connectivity index (χ1) is 7.99. The van der Waals surface area contributed by atoms with Crippen LogP contribution in [-0.2, 0) is 0 Å². The van der Waals surface area contributed by atoms with Crippen molar-refractivity contribution in [3.8, 4) is 11.3 Å². The highest BCUT2D eigenvalue weighted by atomic mass is 16.4. The normalized spacial score (nSPS) is 10.4. The van der Waals surface area contributed by atoms with E-state index in [4.69, 9.17) is 21.6 Å². The largest absolute Gasteiger partial charge is 0.425 e. The molecule has 6 N–H and O–H groups in total. The van der Waals surface area contributed by atoms with E-state index in [1.807, 2.05) is 0 Å². The van der Waals surface area contributed by atoms with E-state index in [0.717, 1.165) is 5.56 Å². The average Bonchev–Trinajstić information content (AvgIpc) is 2.24. The Balaban J connectivity index is 2.69. The van der Waals surface area contributed by atoms with Crippen LogP contribution in [0.2, 0.25) is 0 Å². The third-order valence-electron chi connectivity index (χ3n) is 2.51. The van der Waals surface area contributed by atoms with Gasteiger partial charge in [-0.15, -0.1) is 0 Å². The van der Waals surface area contributed by atoms with E-state index in [1.165, 1.54) is 6.07 Å². The van der Waals surface area contributed by atoms with Gasteiger partial charge in [-0.2, -0.15) is 4.98 Å². The van der Waals surface area contributed by atoms with Crippen LogP contribution in [0.5, 0.6) is 0 Å². The number of aromatic nitrogens is 1. The minimum absolute atomic E-state index is 0.193. The first kappa shape index (κ1) is 11.0. The Labute approximate surface area is 97.1 Å². The van der Waals surface area contributed by atoms with Crippen LogP contribution >= 0.6 is 0 Å². The number of benzene rings is 1. The maximum Gasteiger partial charge on any atom is 0.295 e. The fourth-order valence-corrected chi connectivity index (χ4v) is 1.51. The summed E-state index contributed by atoms with van der Waals surface area (Å²) < 4.78 is 5.17. The zero-order valence-corrected chi connectivity index (χ0v) is 9.23. The van der Waals surface area contributed by atoms with E-state index >= 15 is 0 Å². The predicted octanol–water partition coefficient (Wildman–Crippen LogP) is 0.757. The highest BCUT2D eigenvalue weighted by Crippen LogP contribution is 2.31. The molecule has 0 bridgehead atoms. The Morgan fingerprint density at radius 3 is 2.59 bits per heavy atom. The molecule has 6 nitrogen and oxygen atoms in total. The van der Waals surface area contributed by atoms with E-state index in [-0.39, 0.29) is 11.8 Å². The highest BCUT2D eigenvalue weighted by Gasteiger charge is 2.11. The second-order valence-electron chi connectivity index (χ2n) is 3.64. The summed E-state index contributed by atoms with van der Waals surface area (Å²) >= 11 is 0. The summed E-state index contributed by atoms with van der Waals surface area (Å²) in [4.78, 5) is 14.7. The monoisotopic (exact) mass is 232 g/mol. The van der Waals surface area contributed by atoms with Gasteiger partial charge in [-0.05, 0) is 24.6 Å². The lowest BCUT2D eigenvalue weighted by atomic mass is 10.0. The lowest BCUT2D eigenvalue weighted by Gasteiger charge is -2.09. The van der Waals surface area contributed by atoms with Crippen molar-refractivity contribution >= 4 is 17.4 Å². The molecule has 0 unspecified atom stereocenters. The first-order valence-corrected chi connectivity index (χ1v) is 4.91. The van der Waals surface area contributed by atoms with Gasteiger partial charge >= 0.3 is 0 Å². The predicted molar refractivity (Wildman–Crippen MR) is 66.2 cm³/mol. The SMILES string of the molecule is Cc1c(N)ccc(-c2cc(=O)nc(N)o2)c1N. The van der Waals surface area contributed by atoms with Crippen LogP contribution in [0.25, 0.3) is 11.3 Å². The number of anilines is 3. The number of nitrogen functional groups attached to an aromatic ring is 3. The van der Waals surface area contributed by atoms with Crippen LogP contribution in [0.4, 0.5) is 17.4 Å². The first-order valence-electron chi connectivity index (χ1n) is 4.91. The zero-order chi connectivity index (χ0) is 12.6. The van der Waals surface area contributed by atoms with Crippen molar-refractivity contribution in [2.75, 3.05) is 17.2 Å². The molecule has 0 aliphatic rings. The Kier molecular flexibility index (Phi) is 2.47. The fraction of sp³-hybridized carbons (Fsp3) is 0.0909. The van der Waals surface area contributed by atoms with E-state index in [9.17, 15) is 4.79 Å². The smallest absolute Gasteiger partial charge is 0.295 e. The van der Waals surface area contributed by atoms with Gasteiger partial charge in [0.15, 0.2) is 0 Å². The summed E-state index contributed by atoms with van der Waals surface area (Å²) in [5, 5.41) is 0. The molecule has 2 rings (SSSR count). The molecule has 17 heavy (non-hydrogen) atoms. The molecule has 1 heterocycles. The second kappa shape index (κ2) is 3.82. The van der Waals surface area contributed by atoms with Crippen molar-refractivity contribution in [2.45, 2.75) is 6.92 Å². The molecule has 1 aromatic heterocycles. The molecule has 0 saturated heterocycles. The van der Waals surface area contributed by atoms with Crippen molar-refractivity contribution < 1.29 is 4.42 Å². The van der Waals surface area contributed by atoms with Crippen molar-refractivity contribution in [1.29, 1.82) is 0 Å². The summed E-state index contributed by atoms with van der Waals surface area (Å²) in [7, 11) is 0. The Morgan fingerprint density at radius 2 is 1.94 bits per heavy atom. The van der Waals surface area contributed by atoms with Gasteiger partial charge in [0, 0.05) is 23.0 Å². The molecule has 1 aromatic carbocycles. The highest BCUT2D eigenvalue weighted by molar-refractivity contribution is 5.79. The van der Waals surface area contributed by atoms with Crippen molar-refractivity contribution in [2.24, 2.45) is 0 Å². The summed E-state index contributed by atoms with van der Waals surface area (Å²) in [5.41, 5.74) is 18.9. The lowest BCUT2D eigenvalue weighted by Crippen LogP contribution is -2.08. The maximum atomic E-state index is 11.2. The van der Waals surface area contributed by atoms with Gasteiger partial charge < -0.3 is 21.6 Å². The molecule has 0 fully saturated rings. The standard InChI is InChI=1S/C11H12N4O2/c1-5-7(12)3-2-6(10(5)13)8-4-9(16)15-11(14)17-8/h2-4H,12-13H2,1H3,(H2,14,15,16). The third kappa shape index (κ3) is 1.92. The fourth-order valence-electron chi connectivity index (χ4n) is 1.51. The number of nitrogens with zero attached hydrogens (tertiary/aromatic N) is 1. The van der Waals surface area contributed by atoms with Crippen molar-refractivity contribution in [3.05, 3.63) is 34.1 Å². The number of hydrogen-bond donors (Lipinski definition) is 3. The summed E-state index contributed by atoms with van der Waals surface area (Å²) in [5.74, 6) is 0.281. The minimum atomic E-state index is -0.474. The molecule has 0 radical (unpaired) electrons. The van der Waals surface area contributed by atoms with Crippen LogP contribution in [0.3, 0.4) is 0 Å². The Hall–Kier alpha value is -2.50. The second-order valence-corrected chi connectivity index (χ2v) is 3.64. The van der Waals surface area contributed by atoms with Crippen molar-refractivity contribution in [3.63, 3.8) is 0 Å². The molecule has 0 amide bonds. The maximum absolute atomic E-state index is 11.2. The van der Waals surface area contributed by atoms with Crippen LogP contribution < -0.4 is 22.8 Å². The van der Waals surface area contributed by atoms with Crippen LogP contribution in [0.15, 0.2) is 27.4 Å². The molecular formula is C11H12N4O2. The van der Waals surface area contributed by atoms with Gasteiger partial charge in [0.25, 0.3) is 11.6 Å². The molecule has 0 atom stereocenters. The number of nitrogens with two attached hydrogens (primary N) is 3. The van der Waals surface area contributed by atoms with Gasteiger partial charge in [0.05, 0.1) is 0 Å². The molecule has 88 valence electrons.